The first-order valence-electron chi connectivity index (χ1n) is 7.05. The molecule has 1 N–H and O–H groups in total. The Balaban J connectivity index is 2.69. The summed E-state index contributed by atoms with van der Waals surface area (Å²) in [6.45, 7) is 3.79. The summed E-state index contributed by atoms with van der Waals surface area (Å²) in [7, 11) is 1.58. The minimum absolute atomic E-state index is 0.0962. The number of carboxylic acids is 1. The molecule has 116 valence electrons. The Bertz CT molecular complexity index is 747. The molecule has 0 spiro atoms. The highest BCUT2D eigenvalue weighted by Gasteiger charge is 2.16. The van der Waals surface area contributed by atoms with Crippen molar-refractivity contribution in [3.05, 3.63) is 52.3 Å². The summed E-state index contributed by atoms with van der Waals surface area (Å²) in [6, 6.07) is 10.7. The van der Waals surface area contributed by atoms with Gasteiger partial charge in [0.25, 0.3) is 5.56 Å². The maximum atomic E-state index is 12.6. The van der Waals surface area contributed by atoms with Crippen LogP contribution in [-0.4, -0.2) is 22.8 Å². The van der Waals surface area contributed by atoms with Crippen LogP contribution in [0.1, 0.15) is 25.5 Å². The van der Waals surface area contributed by atoms with E-state index in [9.17, 15) is 9.59 Å². The van der Waals surface area contributed by atoms with Crippen molar-refractivity contribution in [3.63, 3.8) is 0 Å². The van der Waals surface area contributed by atoms with E-state index in [-0.39, 0.29) is 23.6 Å². The lowest BCUT2D eigenvalue weighted by atomic mass is 10.1. The topological polar surface area (TPSA) is 68.5 Å². The van der Waals surface area contributed by atoms with E-state index >= 15 is 0 Å². The van der Waals surface area contributed by atoms with Crippen LogP contribution in [0.3, 0.4) is 0 Å². The third-order valence-corrected chi connectivity index (χ3v) is 3.44. The van der Waals surface area contributed by atoms with Crippen molar-refractivity contribution in [1.29, 1.82) is 0 Å². The normalized spacial score (nSPS) is 10.7. The number of pyridine rings is 1. The SMILES string of the molecule is COc1ccccc1-c1ccc(CC(=O)O)c(=O)n1C(C)C. The van der Waals surface area contributed by atoms with Crippen molar-refractivity contribution in [1.82, 2.24) is 4.57 Å². The van der Waals surface area contributed by atoms with E-state index in [1.807, 2.05) is 38.1 Å². The predicted octanol–water partition coefficient (Wildman–Crippen LogP) is 2.73. The van der Waals surface area contributed by atoms with Gasteiger partial charge in [0.2, 0.25) is 0 Å². The van der Waals surface area contributed by atoms with E-state index in [0.717, 1.165) is 5.56 Å². The molecule has 0 fully saturated rings. The highest BCUT2D eigenvalue weighted by molar-refractivity contribution is 5.71. The molecule has 0 amide bonds. The van der Waals surface area contributed by atoms with Gasteiger partial charge in [0.15, 0.2) is 0 Å². The second-order valence-electron chi connectivity index (χ2n) is 5.28. The predicted molar refractivity (Wildman–Crippen MR) is 84.4 cm³/mol. The Morgan fingerprint density at radius 2 is 1.91 bits per heavy atom. The van der Waals surface area contributed by atoms with Crippen LogP contribution in [0.15, 0.2) is 41.2 Å². The van der Waals surface area contributed by atoms with Crippen molar-refractivity contribution in [3.8, 4) is 17.0 Å². The molecule has 2 rings (SSSR count). The average Bonchev–Trinajstić information content (AvgIpc) is 2.48. The van der Waals surface area contributed by atoms with Gasteiger partial charge in [-0.15, -0.1) is 0 Å². The Morgan fingerprint density at radius 1 is 1.23 bits per heavy atom. The van der Waals surface area contributed by atoms with Crippen LogP contribution in [0.5, 0.6) is 5.75 Å². The van der Waals surface area contributed by atoms with E-state index < -0.39 is 5.97 Å². The summed E-state index contributed by atoms with van der Waals surface area (Å²) in [6.07, 6.45) is -0.280. The number of rotatable bonds is 5. The molecular weight excluding hydrogens is 282 g/mol. The van der Waals surface area contributed by atoms with Crippen molar-refractivity contribution >= 4 is 5.97 Å². The third-order valence-electron chi connectivity index (χ3n) is 3.44. The number of carbonyl (C=O) groups is 1. The quantitative estimate of drug-likeness (QED) is 0.922. The first-order valence-corrected chi connectivity index (χ1v) is 7.05. The Kier molecular flexibility index (Phi) is 4.65. The summed E-state index contributed by atoms with van der Waals surface area (Å²) in [5.41, 5.74) is 1.52. The third kappa shape index (κ3) is 3.03. The second kappa shape index (κ2) is 6.47. The first-order chi connectivity index (χ1) is 10.5. The molecule has 0 saturated heterocycles. The number of carboxylic acid groups (broad SMARTS) is 1. The summed E-state index contributed by atoms with van der Waals surface area (Å²) < 4.78 is 6.97. The van der Waals surface area contributed by atoms with Crippen LogP contribution in [0.2, 0.25) is 0 Å². The molecule has 0 bridgehead atoms. The molecule has 0 saturated carbocycles. The van der Waals surface area contributed by atoms with Gasteiger partial charge in [-0.1, -0.05) is 18.2 Å². The summed E-state index contributed by atoms with van der Waals surface area (Å²) in [4.78, 5) is 23.5. The zero-order chi connectivity index (χ0) is 16.3. The molecule has 1 aromatic carbocycles. The minimum Gasteiger partial charge on any atom is -0.496 e. The second-order valence-corrected chi connectivity index (χ2v) is 5.28. The minimum atomic E-state index is -1.02. The van der Waals surface area contributed by atoms with Crippen LogP contribution in [0.25, 0.3) is 11.3 Å². The van der Waals surface area contributed by atoms with Gasteiger partial charge in [-0.05, 0) is 32.0 Å². The summed E-state index contributed by atoms with van der Waals surface area (Å²) >= 11 is 0. The summed E-state index contributed by atoms with van der Waals surface area (Å²) in [5.74, 6) is -0.347. The lowest BCUT2D eigenvalue weighted by Gasteiger charge is -2.19. The standard InChI is InChI=1S/C17H19NO4/c1-11(2)18-14(13-6-4-5-7-15(13)22-3)9-8-12(17(18)21)10-16(19)20/h4-9,11H,10H2,1-3H3,(H,19,20). The van der Waals surface area contributed by atoms with Gasteiger partial charge >= 0.3 is 5.97 Å². The smallest absolute Gasteiger partial charge is 0.308 e. The van der Waals surface area contributed by atoms with Crippen molar-refractivity contribution in [2.75, 3.05) is 7.11 Å². The lowest BCUT2D eigenvalue weighted by Crippen LogP contribution is -2.27. The number of hydrogen-bond acceptors (Lipinski definition) is 3. The van der Waals surface area contributed by atoms with Crippen molar-refractivity contribution in [2.24, 2.45) is 0 Å². The van der Waals surface area contributed by atoms with Crippen LogP contribution in [0.4, 0.5) is 0 Å². The monoisotopic (exact) mass is 301 g/mol. The highest BCUT2D eigenvalue weighted by atomic mass is 16.5. The molecule has 0 unspecified atom stereocenters. The molecule has 2 aromatic rings. The molecule has 0 radical (unpaired) electrons. The zero-order valence-electron chi connectivity index (χ0n) is 12.9. The number of ether oxygens (including phenoxy) is 1. The van der Waals surface area contributed by atoms with Gasteiger partial charge in [0.05, 0.1) is 19.2 Å². The largest absolute Gasteiger partial charge is 0.496 e. The average molecular weight is 301 g/mol. The van der Waals surface area contributed by atoms with E-state index in [4.69, 9.17) is 9.84 Å². The molecule has 22 heavy (non-hydrogen) atoms. The Morgan fingerprint density at radius 3 is 2.50 bits per heavy atom. The number of para-hydroxylation sites is 1. The lowest BCUT2D eigenvalue weighted by molar-refractivity contribution is -0.136. The molecule has 0 aliphatic carbocycles. The van der Waals surface area contributed by atoms with E-state index in [2.05, 4.69) is 0 Å². The fraction of sp³-hybridized carbons (Fsp3) is 0.294. The number of hydrogen-bond donors (Lipinski definition) is 1. The molecular formula is C17H19NO4. The number of benzene rings is 1. The van der Waals surface area contributed by atoms with Crippen LogP contribution < -0.4 is 10.3 Å². The Labute approximate surface area is 128 Å². The van der Waals surface area contributed by atoms with Gasteiger partial charge in [0.1, 0.15) is 5.75 Å². The molecule has 0 aliphatic heterocycles. The van der Waals surface area contributed by atoms with E-state index in [1.165, 1.54) is 0 Å². The van der Waals surface area contributed by atoms with Gasteiger partial charge in [-0.25, -0.2) is 0 Å². The zero-order valence-corrected chi connectivity index (χ0v) is 12.9. The highest BCUT2D eigenvalue weighted by Crippen LogP contribution is 2.30. The van der Waals surface area contributed by atoms with Crippen LogP contribution >= 0.6 is 0 Å². The van der Waals surface area contributed by atoms with E-state index in [0.29, 0.717) is 11.4 Å². The van der Waals surface area contributed by atoms with Gasteiger partial charge < -0.3 is 14.4 Å². The molecule has 1 heterocycles. The van der Waals surface area contributed by atoms with Gasteiger partial charge in [-0.3, -0.25) is 9.59 Å². The Hall–Kier alpha value is -2.56. The fourth-order valence-electron chi connectivity index (χ4n) is 2.48. The van der Waals surface area contributed by atoms with Crippen molar-refractivity contribution in [2.45, 2.75) is 26.3 Å². The van der Waals surface area contributed by atoms with Gasteiger partial charge in [-0.2, -0.15) is 0 Å². The molecule has 0 aliphatic rings. The molecule has 5 heteroatoms. The molecule has 1 aromatic heterocycles. The maximum Gasteiger partial charge on any atom is 0.308 e. The number of nitrogens with zero attached hydrogens (tertiary/aromatic N) is 1. The summed E-state index contributed by atoms with van der Waals surface area (Å²) in [5, 5.41) is 8.92. The fourth-order valence-corrected chi connectivity index (χ4v) is 2.48. The van der Waals surface area contributed by atoms with Crippen LogP contribution in [-0.2, 0) is 11.2 Å². The number of methoxy groups -OCH3 is 1. The van der Waals surface area contributed by atoms with Crippen LogP contribution in [0, 0.1) is 0 Å². The number of aromatic nitrogens is 1. The molecule has 5 nitrogen and oxygen atoms in total. The maximum absolute atomic E-state index is 12.6. The van der Waals surface area contributed by atoms with Gasteiger partial charge in [0, 0.05) is 17.2 Å². The van der Waals surface area contributed by atoms with E-state index in [1.54, 1.807) is 23.8 Å². The number of aliphatic carboxylic acids is 1. The van der Waals surface area contributed by atoms with Crippen molar-refractivity contribution < 1.29 is 14.6 Å². The first kappa shape index (κ1) is 15.8. The molecule has 0 atom stereocenters.